The summed E-state index contributed by atoms with van der Waals surface area (Å²) >= 11 is 0. The fourth-order valence-corrected chi connectivity index (χ4v) is 0.639. The van der Waals surface area contributed by atoms with Gasteiger partial charge >= 0.3 is 0 Å². The summed E-state index contributed by atoms with van der Waals surface area (Å²) in [6.45, 7) is 8.30. The van der Waals surface area contributed by atoms with Gasteiger partial charge in [0.05, 0.1) is 6.04 Å². The largest absolute Gasteiger partial charge is 0.416 e. The van der Waals surface area contributed by atoms with Crippen molar-refractivity contribution in [3.8, 4) is 0 Å². The van der Waals surface area contributed by atoms with Crippen LogP contribution in [0, 0.1) is 5.92 Å². The summed E-state index contributed by atoms with van der Waals surface area (Å²) in [6, 6.07) is 0.412. The number of hydrogen-bond acceptors (Lipinski definition) is 2. The van der Waals surface area contributed by atoms with Crippen molar-refractivity contribution in [2.24, 2.45) is 5.92 Å². The summed E-state index contributed by atoms with van der Waals surface area (Å²) in [7, 11) is 0. The summed E-state index contributed by atoms with van der Waals surface area (Å²) in [5.41, 5.74) is 2.84. The molecule has 0 aromatic heterocycles. The Balaban J connectivity index is 0.000000371. The number of hydrogen-bond donors (Lipinski definition) is 1. The van der Waals surface area contributed by atoms with E-state index in [9.17, 15) is 0 Å². The predicted octanol–water partition coefficient (Wildman–Crippen LogP) is 2.09. The molecule has 1 aliphatic rings. The summed E-state index contributed by atoms with van der Waals surface area (Å²) in [5.74, 6) is 0.619. The maximum Gasteiger partial charge on any atom is 0.109 e. The van der Waals surface area contributed by atoms with Crippen LogP contribution < -0.4 is 5.48 Å². The molecule has 1 rings (SSSR count). The van der Waals surface area contributed by atoms with Gasteiger partial charge in [-0.15, -0.1) is 0 Å². The van der Waals surface area contributed by atoms with Crippen LogP contribution in [0.4, 0.5) is 0 Å². The summed E-state index contributed by atoms with van der Waals surface area (Å²) < 4.78 is 0. The highest BCUT2D eigenvalue weighted by Crippen LogP contribution is 2.06. The lowest BCUT2D eigenvalue weighted by atomic mass is 10.1. The molecular formula is C8H17NO. The Labute approximate surface area is 63.2 Å². The maximum absolute atomic E-state index is 4.79. The van der Waals surface area contributed by atoms with Crippen molar-refractivity contribution >= 4 is 0 Å². The summed E-state index contributed by atoms with van der Waals surface area (Å²) in [4.78, 5) is 4.79. The molecule has 0 bridgehead atoms. The van der Waals surface area contributed by atoms with Crippen LogP contribution in [0.15, 0.2) is 12.3 Å². The van der Waals surface area contributed by atoms with Crippen molar-refractivity contribution in [1.29, 1.82) is 0 Å². The predicted molar refractivity (Wildman–Crippen MR) is 43.3 cm³/mol. The Hall–Kier alpha value is -0.500. The SMILES string of the molecule is CC.CC(C)C1C=CON1. The van der Waals surface area contributed by atoms with E-state index in [2.05, 4.69) is 19.3 Å². The Morgan fingerprint density at radius 1 is 1.40 bits per heavy atom. The summed E-state index contributed by atoms with van der Waals surface area (Å²) in [5, 5.41) is 0. The fraction of sp³-hybridized carbons (Fsp3) is 0.750. The molecule has 0 fully saturated rings. The lowest BCUT2D eigenvalue weighted by Crippen LogP contribution is -2.25. The summed E-state index contributed by atoms with van der Waals surface area (Å²) in [6.07, 6.45) is 3.70. The molecule has 0 radical (unpaired) electrons. The van der Waals surface area contributed by atoms with Gasteiger partial charge in [-0.05, 0) is 12.0 Å². The zero-order valence-electron chi connectivity index (χ0n) is 7.22. The smallest absolute Gasteiger partial charge is 0.109 e. The molecule has 1 unspecified atom stereocenters. The Kier molecular flexibility index (Phi) is 5.03. The van der Waals surface area contributed by atoms with Crippen LogP contribution in [-0.4, -0.2) is 6.04 Å². The van der Waals surface area contributed by atoms with Gasteiger partial charge in [-0.1, -0.05) is 27.7 Å². The highest BCUT2D eigenvalue weighted by molar-refractivity contribution is 4.93. The first kappa shape index (κ1) is 9.50. The molecule has 0 amide bonds. The van der Waals surface area contributed by atoms with E-state index >= 15 is 0 Å². The van der Waals surface area contributed by atoms with Gasteiger partial charge < -0.3 is 4.84 Å². The molecule has 0 aromatic carbocycles. The van der Waals surface area contributed by atoms with E-state index in [0.717, 1.165) is 0 Å². The molecule has 2 nitrogen and oxygen atoms in total. The highest BCUT2D eigenvalue weighted by atomic mass is 16.6. The third-order valence-corrected chi connectivity index (χ3v) is 1.28. The van der Waals surface area contributed by atoms with Gasteiger partial charge in [0.25, 0.3) is 0 Å². The Morgan fingerprint density at radius 2 is 2.00 bits per heavy atom. The second-order valence-electron chi connectivity index (χ2n) is 2.33. The molecule has 0 saturated carbocycles. The minimum absolute atomic E-state index is 0.412. The zero-order valence-corrected chi connectivity index (χ0v) is 7.22. The van der Waals surface area contributed by atoms with Crippen molar-refractivity contribution in [1.82, 2.24) is 5.48 Å². The second-order valence-corrected chi connectivity index (χ2v) is 2.33. The van der Waals surface area contributed by atoms with Gasteiger partial charge in [0, 0.05) is 0 Å². The standard InChI is InChI=1S/C6H11NO.C2H6/c1-5(2)6-3-4-8-7-6;1-2/h3-7H,1-2H3;1-2H3. The number of hydroxylamine groups is 1. The lowest BCUT2D eigenvalue weighted by Gasteiger charge is -2.09. The van der Waals surface area contributed by atoms with Gasteiger partial charge in [0.2, 0.25) is 0 Å². The second kappa shape index (κ2) is 5.30. The monoisotopic (exact) mass is 143 g/mol. The first-order chi connectivity index (χ1) is 4.80. The molecule has 0 saturated heterocycles. The van der Waals surface area contributed by atoms with E-state index in [-0.39, 0.29) is 0 Å². The molecule has 1 heterocycles. The van der Waals surface area contributed by atoms with Crippen LogP contribution in [0.1, 0.15) is 27.7 Å². The van der Waals surface area contributed by atoms with Crippen LogP contribution in [0.2, 0.25) is 0 Å². The molecule has 60 valence electrons. The van der Waals surface area contributed by atoms with Gasteiger partial charge in [-0.25, -0.2) is 0 Å². The number of nitrogens with one attached hydrogen (secondary N) is 1. The Bertz CT molecular complexity index is 99.4. The van der Waals surface area contributed by atoms with Gasteiger partial charge in [0.15, 0.2) is 0 Å². The van der Waals surface area contributed by atoms with Gasteiger partial charge in [-0.3, -0.25) is 0 Å². The maximum atomic E-state index is 4.79. The Morgan fingerprint density at radius 3 is 2.20 bits per heavy atom. The van der Waals surface area contributed by atoms with E-state index in [1.807, 2.05) is 19.9 Å². The molecular weight excluding hydrogens is 126 g/mol. The topological polar surface area (TPSA) is 21.3 Å². The van der Waals surface area contributed by atoms with Crippen LogP contribution >= 0.6 is 0 Å². The first-order valence-corrected chi connectivity index (χ1v) is 3.88. The fourth-order valence-electron chi connectivity index (χ4n) is 0.639. The van der Waals surface area contributed by atoms with E-state index in [4.69, 9.17) is 4.84 Å². The first-order valence-electron chi connectivity index (χ1n) is 3.88. The zero-order chi connectivity index (χ0) is 7.98. The van der Waals surface area contributed by atoms with Crippen LogP contribution in [0.3, 0.4) is 0 Å². The molecule has 2 heteroatoms. The van der Waals surface area contributed by atoms with Crippen LogP contribution in [0.5, 0.6) is 0 Å². The molecule has 1 aliphatic heterocycles. The van der Waals surface area contributed by atoms with Crippen molar-refractivity contribution in [3.05, 3.63) is 12.3 Å². The average molecular weight is 143 g/mol. The molecule has 0 aliphatic carbocycles. The van der Waals surface area contributed by atoms with Gasteiger partial charge in [0.1, 0.15) is 6.26 Å². The molecule has 0 aromatic rings. The quantitative estimate of drug-likeness (QED) is 0.607. The van der Waals surface area contributed by atoms with Crippen LogP contribution in [0.25, 0.3) is 0 Å². The number of rotatable bonds is 1. The van der Waals surface area contributed by atoms with E-state index < -0.39 is 0 Å². The van der Waals surface area contributed by atoms with Crippen LogP contribution in [-0.2, 0) is 4.84 Å². The van der Waals surface area contributed by atoms with Gasteiger partial charge in [-0.2, -0.15) is 5.48 Å². The minimum Gasteiger partial charge on any atom is -0.416 e. The van der Waals surface area contributed by atoms with Crippen molar-refractivity contribution < 1.29 is 4.84 Å². The van der Waals surface area contributed by atoms with Crippen molar-refractivity contribution in [3.63, 3.8) is 0 Å². The highest BCUT2D eigenvalue weighted by Gasteiger charge is 2.12. The molecule has 1 N–H and O–H groups in total. The van der Waals surface area contributed by atoms with Crippen molar-refractivity contribution in [2.45, 2.75) is 33.7 Å². The lowest BCUT2D eigenvalue weighted by molar-refractivity contribution is 0.128. The molecule has 10 heavy (non-hydrogen) atoms. The normalized spacial score (nSPS) is 21.9. The van der Waals surface area contributed by atoms with E-state index in [1.54, 1.807) is 6.26 Å². The average Bonchev–Trinajstić information content (AvgIpc) is 2.42. The van der Waals surface area contributed by atoms with E-state index in [0.29, 0.717) is 12.0 Å². The molecule has 0 spiro atoms. The van der Waals surface area contributed by atoms with E-state index in [1.165, 1.54) is 0 Å². The van der Waals surface area contributed by atoms with Crippen molar-refractivity contribution in [2.75, 3.05) is 0 Å². The molecule has 1 atom stereocenters. The minimum atomic E-state index is 0.412. The third-order valence-electron chi connectivity index (χ3n) is 1.28. The third kappa shape index (κ3) is 2.87.